The Bertz CT molecular complexity index is 783. The van der Waals surface area contributed by atoms with E-state index in [0.29, 0.717) is 23.8 Å². The average molecular weight is 283 g/mol. The highest BCUT2D eigenvalue weighted by Crippen LogP contribution is 2.21. The third-order valence-corrected chi connectivity index (χ3v) is 3.13. The zero-order valence-electron chi connectivity index (χ0n) is 11.4. The van der Waals surface area contributed by atoms with Gasteiger partial charge in [0.15, 0.2) is 6.29 Å². The summed E-state index contributed by atoms with van der Waals surface area (Å²) < 4.78 is 12.6. The lowest BCUT2D eigenvalue weighted by atomic mass is 10.2. The molecule has 0 amide bonds. The molecule has 0 atom stereocenters. The van der Waals surface area contributed by atoms with Crippen LogP contribution in [-0.4, -0.2) is 27.8 Å². The molecule has 106 valence electrons. The highest BCUT2D eigenvalue weighted by molar-refractivity contribution is 5.79. The van der Waals surface area contributed by atoms with Crippen molar-refractivity contribution in [2.75, 3.05) is 7.11 Å². The van der Waals surface area contributed by atoms with Crippen LogP contribution in [0.15, 0.2) is 43.1 Å². The summed E-state index contributed by atoms with van der Waals surface area (Å²) in [5, 5.41) is 0. The van der Waals surface area contributed by atoms with Gasteiger partial charge in [0.25, 0.3) is 0 Å². The van der Waals surface area contributed by atoms with E-state index < -0.39 is 0 Å². The average Bonchev–Trinajstić information content (AvgIpc) is 3.01. The van der Waals surface area contributed by atoms with Crippen LogP contribution in [0.2, 0.25) is 0 Å². The molecular formula is C15H13N3O3. The fraction of sp³-hybridized carbons (Fsp3) is 0.133. The Morgan fingerprint density at radius 3 is 3.10 bits per heavy atom. The van der Waals surface area contributed by atoms with Crippen molar-refractivity contribution in [2.45, 2.75) is 6.61 Å². The Balaban J connectivity index is 1.84. The molecule has 0 saturated heterocycles. The monoisotopic (exact) mass is 283 g/mol. The Morgan fingerprint density at radius 2 is 2.29 bits per heavy atom. The molecule has 0 aliphatic rings. The van der Waals surface area contributed by atoms with E-state index >= 15 is 0 Å². The van der Waals surface area contributed by atoms with Crippen LogP contribution in [-0.2, 0) is 6.61 Å². The molecule has 0 aromatic carbocycles. The first kappa shape index (κ1) is 13.1. The van der Waals surface area contributed by atoms with E-state index in [0.717, 1.165) is 17.4 Å². The van der Waals surface area contributed by atoms with Gasteiger partial charge in [-0.3, -0.25) is 4.79 Å². The maximum atomic E-state index is 11.1. The number of methoxy groups -OCH3 is 1. The number of nitrogens with zero attached hydrogens (tertiary/aromatic N) is 3. The van der Waals surface area contributed by atoms with Gasteiger partial charge in [-0.05, 0) is 6.07 Å². The van der Waals surface area contributed by atoms with Crippen molar-refractivity contribution in [2.24, 2.45) is 0 Å². The third-order valence-electron chi connectivity index (χ3n) is 3.13. The molecule has 0 aliphatic carbocycles. The first-order chi connectivity index (χ1) is 10.3. The molecule has 0 radical (unpaired) electrons. The van der Waals surface area contributed by atoms with Crippen molar-refractivity contribution in [3.63, 3.8) is 0 Å². The molecule has 0 unspecified atom stereocenters. The maximum Gasteiger partial charge on any atom is 0.213 e. The van der Waals surface area contributed by atoms with Crippen LogP contribution in [0.25, 0.3) is 5.52 Å². The van der Waals surface area contributed by atoms with Crippen molar-refractivity contribution in [3.8, 4) is 11.6 Å². The normalized spacial score (nSPS) is 10.5. The summed E-state index contributed by atoms with van der Waals surface area (Å²) in [6.07, 6.45) is 7.62. The Morgan fingerprint density at radius 1 is 1.38 bits per heavy atom. The second-order valence-corrected chi connectivity index (χ2v) is 4.39. The molecule has 0 saturated carbocycles. The van der Waals surface area contributed by atoms with E-state index in [1.165, 1.54) is 13.3 Å². The SMILES string of the molecule is COc1cc(C=O)c(OCc2cccn3cncc23)cn1. The first-order valence-electron chi connectivity index (χ1n) is 6.33. The van der Waals surface area contributed by atoms with E-state index in [1.54, 1.807) is 18.6 Å². The number of fused-ring (bicyclic) bond motifs is 1. The number of aldehydes is 1. The molecule has 0 N–H and O–H groups in total. The minimum atomic E-state index is 0.324. The Hall–Kier alpha value is -2.89. The van der Waals surface area contributed by atoms with Gasteiger partial charge in [0.05, 0.1) is 36.9 Å². The second-order valence-electron chi connectivity index (χ2n) is 4.39. The number of pyridine rings is 2. The van der Waals surface area contributed by atoms with E-state index in [9.17, 15) is 4.79 Å². The summed E-state index contributed by atoms with van der Waals surface area (Å²) in [5.41, 5.74) is 2.34. The molecule has 0 aliphatic heterocycles. The number of ether oxygens (including phenoxy) is 2. The fourth-order valence-electron chi connectivity index (χ4n) is 2.05. The summed E-state index contributed by atoms with van der Waals surface area (Å²) in [6.45, 7) is 0.324. The molecular weight excluding hydrogens is 270 g/mol. The number of carbonyl (C=O) groups is 1. The molecule has 3 rings (SSSR count). The quantitative estimate of drug-likeness (QED) is 0.671. The van der Waals surface area contributed by atoms with Crippen LogP contribution in [0.1, 0.15) is 15.9 Å². The lowest BCUT2D eigenvalue weighted by Gasteiger charge is -2.10. The van der Waals surface area contributed by atoms with Gasteiger partial charge >= 0.3 is 0 Å². The molecule has 0 fully saturated rings. The first-order valence-corrected chi connectivity index (χ1v) is 6.33. The summed E-state index contributed by atoms with van der Waals surface area (Å²) in [7, 11) is 1.50. The number of rotatable bonds is 5. The zero-order chi connectivity index (χ0) is 14.7. The van der Waals surface area contributed by atoms with Crippen molar-refractivity contribution in [3.05, 3.63) is 54.2 Å². The molecule has 6 nitrogen and oxygen atoms in total. The smallest absolute Gasteiger partial charge is 0.213 e. The molecule has 3 aromatic rings. The van der Waals surface area contributed by atoms with Crippen LogP contribution < -0.4 is 9.47 Å². The van der Waals surface area contributed by atoms with Gasteiger partial charge in [-0.2, -0.15) is 0 Å². The third kappa shape index (κ3) is 2.55. The lowest BCUT2D eigenvalue weighted by Crippen LogP contribution is -2.01. The van der Waals surface area contributed by atoms with Gasteiger partial charge < -0.3 is 13.9 Å². The van der Waals surface area contributed by atoms with Crippen LogP contribution in [0.5, 0.6) is 11.6 Å². The predicted octanol–water partition coefficient (Wildman–Crippen LogP) is 2.13. The van der Waals surface area contributed by atoms with Gasteiger partial charge in [-0.1, -0.05) is 6.07 Å². The number of hydrogen-bond donors (Lipinski definition) is 0. The summed E-state index contributed by atoms with van der Waals surface area (Å²) >= 11 is 0. The van der Waals surface area contributed by atoms with Gasteiger partial charge in [0.2, 0.25) is 5.88 Å². The Labute approximate surface area is 121 Å². The molecule has 0 spiro atoms. The molecule has 3 heterocycles. The van der Waals surface area contributed by atoms with E-state index in [2.05, 4.69) is 9.97 Å². The number of aromatic nitrogens is 3. The van der Waals surface area contributed by atoms with Gasteiger partial charge in [-0.25, -0.2) is 9.97 Å². The lowest BCUT2D eigenvalue weighted by molar-refractivity contribution is 0.111. The molecule has 6 heteroatoms. The molecule has 0 bridgehead atoms. The minimum Gasteiger partial charge on any atom is -0.486 e. The van der Waals surface area contributed by atoms with E-state index in [1.807, 2.05) is 22.7 Å². The number of imidazole rings is 1. The van der Waals surface area contributed by atoms with Crippen LogP contribution in [0, 0.1) is 0 Å². The van der Waals surface area contributed by atoms with Crippen LogP contribution in [0.4, 0.5) is 0 Å². The highest BCUT2D eigenvalue weighted by Gasteiger charge is 2.08. The van der Waals surface area contributed by atoms with Crippen molar-refractivity contribution in [1.82, 2.24) is 14.4 Å². The highest BCUT2D eigenvalue weighted by atomic mass is 16.5. The van der Waals surface area contributed by atoms with Gasteiger partial charge in [-0.15, -0.1) is 0 Å². The number of hydrogen-bond acceptors (Lipinski definition) is 5. The minimum absolute atomic E-state index is 0.324. The van der Waals surface area contributed by atoms with E-state index in [-0.39, 0.29) is 0 Å². The summed E-state index contributed by atoms with van der Waals surface area (Å²) in [4.78, 5) is 19.2. The van der Waals surface area contributed by atoms with E-state index in [4.69, 9.17) is 9.47 Å². The standard InChI is InChI=1S/C15H13N3O3/c1-20-15-5-12(8-19)14(7-17-15)21-9-11-3-2-4-18-10-16-6-13(11)18/h2-8,10H,9H2,1H3. The fourth-order valence-corrected chi connectivity index (χ4v) is 2.05. The van der Waals surface area contributed by atoms with Crippen LogP contribution in [0.3, 0.4) is 0 Å². The van der Waals surface area contributed by atoms with Crippen molar-refractivity contribution >= 4 is 11.8 Å². The van der Waals surface area contributed by atoms with Crippen molar-refractivity contribution < 1.29 is 14.3 Å². The molecule has 21 heavy (non-hydrogen) atoms. The van der Waals surface area contributed by atoms with Crippen LogP contribution >= 0.6 is 0 Å². The maximum absolute atomic E-state index is 11.1. The predicted molar refractivity (Wildman–Crippen MR) is 75.7 cm³/mol. The van der Waals surface area contributed by atoms with Gasteiger partial charge in [0, 0.05) is 17.8 Å². The van der Waals surface area contributed by atoms with Crippen molar-refractivity contribution in [1.29, 1.82) is 0 Å². The Kier molecular flexibility index (Phi) is 3.51. The summed E-state index contributed by atoms with van der Waals surface area (Å²) in [5.74, 6) is 0.801. The number of carbonyl (C=O) groups excluding carboxylic acids is 1. The second kappa shape index (κ2) is 5.62. The largest absolute Gasteiger partial charge is 0.486 e. The molecule has 3 aromatic heterocycles. The zero-order valence-corrected chi connectivity index (χ0v) is 11.4. The topological polar surface area (TPSA) is 65.7 Å². The van der Waals surface area contributed by atoms with Gasteiger partial charge in [0.1, 0.15) is 12.4 Å². The summed E-state index contributed by atoms with van der Waals surface area (Å²) in [6, 6.07) is 5.41.